The summed E-state index contributed by atoms with van der Waals surface area (Å²) in [6.45, 7) is 2.05. The molecule has 0 heterocycles. The number of thioether (sulfide) groups is 1. The van der Waals surface area contributed by atoms with Crippen molar-refractivity contribution in [2.75, 3.05) is 18.2 Å². The van der Waals surface area contributed by atoms with Gasteiger partial charge in [0.15, 0.2) is 0 Å². The third-order valence-electron chi connectivity index (χ3n) is 4.59. The van der Waals surface area contributed by atoms with Crippen LogP contribution in [0.4, 0.5) is 5.69 Å². The highest BCUT2D eigenvalue weighted by molar-refractivity contribution is 8.00. The van der Waals surface area contributed by atoms with Gasteiger partial charge in [0.25, 0.3) is 5.91 Å². The lowest BCUT2D eigenvalue weighted by atomic mass is 9.98. The third kappa shape index (κ3) is 5.27. The molecule has 1 N–H and O–H groups in total. The minimum absolute atomic E-state index is 0.123. The third-order valence-corrected chi connectivity index (χ3v) is 5.84. The molecule has 1 atom stereocenters. The van der Waals surface area contributed by atoms with Crippen molar-refractivity contribution in [3.05, 3.63) is 101 Å². The quantitative estimate of drug-likeness (QED) is 0.546. The van der Waals surface area contributed by atoms with Crippen LogP contribution in [0.2, 0.25) is 0 Å². The summed E-state index contributed by atoms with van der Waals surface area (Å²) in [7, 11) is 1.39. The van der Waals surface area contributed by atoms with Crippen molar-refractivity contribution in [1.29, 1.82) is 0 Å². The number of aryl methyl sites for hydroxylation is 1. The van der Waals surface area contributed by atoms with Gasteiger partial charge in [-0.05, 0) is 41.8 Å². The van der Waals surface area contributed by atoms with Gasteiger partial charge in [0.2, 0.25) is 0 Å². The van der Waals surface area contributed by atoms with Crippen LogP contribution in [0, 0.1) is 6.92 Å². The SMILES string of the molecule is COC(=O)CSC(c1ccccc1C)c1ccccc1NC(=O)c1ccccc1. The van der Waals surface area contributed by atoms with E-state index in [0.29, 0.717) is 5.56 Å². The maximum absolute atomic E-state index is 12.7. The van der Waals surface area contributed by atoms with Crippen LogP contribution < -0.4 is 5.32 Å². The second kappa shape index (κ2) is 9.94. The van der Waals surface area contributed by atoms with Crippen LogP contribution in [0.25, 0.3) is 0 Å². The standard InChI is InChI=1S/C24H23NO3S/c1-17-10-6-7-13-19(17)23(29-16-22(26)28-2)20-14-8-9-15-21(20)25-24(27)18-11-4-3-5-12-18/h3-15,23H,16H2,1-2H3,(H,25,27). The summed E-state index contributed by atoms with van der Waals surface area (Å²) in [5.74, 6) is -0.227. The average Bonchev–Trinajstić information content (AvgIpc) is 2.76. The molecule has 148 valence electrons. The number of benzene rings is 3. The van der Waals surface area contributed by atoms with E-state index in [-0.39, 0.29) is 22.9 Å². The van der Waals surface area contributed by atoms with Crippen LogP contribution in [0.1, 0.15) is 32.3 Å². The Morgan fingerprint density at radius 3 is 2.21 bits per heavy atom. The Morgan fingerprint density at radius 1 is 0.897 bits per heavy atom. The molecule has 0 aliphatic carbocycles. The first-order valence-electron chi connectivity index (χ1n) is 9.29. The molecule has 0 radical (unpaired) electrons. The van der Waals surface area contributed by atoms with E-state index in [9.17, 15) is 9.59 Å². The van der Waals surface area contributed by atoms with E-state index < -0.39 is 0 Å². The van der Waals surface area contributed by atoms with Gasteiger partial charge in [-0.1, -0.05) is 60.7 Å². The van der Waals surface area contributed by atoms with Gasteiger partial charge in [0.1, 0.15) is 0 Å². The minimum Gasteiger partial charge on any atom is -0.468 e. The van der Waals surface area contributed by atoms with Crippen LogP contribution in [-0.2, 0) is 9.53 Å². The largest absolute Gasteiger partial charge is 0.468 e. The van der Waals surface area contributed by atoms with E-state index in [1.807, 2.05) is 67.6 Å². The summed E-state index contributed by atoms with van der Waals surface area (Å²) >= 11 is 1.49. The van der Waals surface area contributed by atoms with Crippen molar-refractivity contribution in [2.24, 2.45) is 0 Å². The Kier molecular flexibility index (Phi) is 7.09. The lowest BCUT2D eigenvalue weighted by Crippen LogP contribution is -2.15. The first-order chi connectivity index (χ1) is 14.1. The molecule has 0 fully saturated rings. The summed E-state index contributed by atoms with van der Waals surface area (Å²) in [5.41, 5.74) is 4.49. The number of nitrogens with one attached hydrogen (secondary N) is 1. The molecule has 3 rings (SSSR count). The van der Waals surface area contributed by atoms with Crippen molar-refractivity contribution in [2.45, 2.75) is 12.2 Å². The minimum atomic E-state index is -0.278. The van der Waals surface area contributed by atoms with Gasteiger partial charge in [-0.2, -0.15) is 0 Å². The number of para-hydroxylation sites is 1. The molecular weight excluding hydrogens is 382 g/mol. The Hall–Kier alpha value is -3.05. The number of amides is 1. The van der Waals surface area contributed by atoms with Crippen LogP contribution in [0.3, 0.4) is 0 Å². The van der Waals surface area contributed by atoms with Gasteiger partial charge < -0.3 is 10.1 Å². The molecular formula is C24H23NO3S. The number of carbonyl (C=O) groups is 2. The zero-order valence-electron chi connectivity index (χ0n) is 16.4. The summed E-state index contributed by atoms with van der Waals surface area (Å²) in [6.07, 6.45) is 0. The smallest absolute Gasteiger partial charge is 0.315 e. The molecule has 3 aromatic rings. The van der Waals surface area contributed by atoms with Crippen molar-refractivity contribution in [3.8, 4) is 0 Å². The number of anilines is 1. The molecule has 0 aliphatic rings. The molecule has 0 saturated carbocycles. The summed E-state index contributed by atoms with van der Waals surface area (Å²) in [4.78, 5) is 24.5. The number of hydrogen-bond donors (Lipinski definition) is 1. The molecule has 0 aliphatic heterocycles. The Morgan fingerprint density at radius 2 is 1.52 bits per heavy atom. The lowest BCUT2D eigenvalue weighted by molar-refractivity contribution is -0.137. The van der Waals surface area contributed by atoms with E-state index in [1.54, 1.807) is 12.1 Å². The number of methoxy groups -OCH3 is 1. The molecule has 1 amide bonds. The highest BCUT2D eigenvalue weighted by atomic mass is 32.2. The summed E-state index contributed by atoms with van der Waals surface area (Å²) in [5, 5.41) is 2.91. The predicted octanol–water partition coefficient (Wildman–Crippen LogP) is 5.24. The number of esters is 1. The van der Waals surface area contributed by atoms with Gasteiger partial charge in [-0.15, -0.1) is 11.8 Å². The maximum atomic E-state index is 12.7. The van der Waals surface area contributed by atoms with Crippen LogP contribution >= 0.6 is 11.8 Å². The Balaban J connectivity index is 1.96. The Labute approximate surface area is 175 Å². The molecule has 1 unspecified atom stereocenters. The maximum Gasteiger partial charge on any atom is 0.315 e. The first kappa shape index (κ1) is 20.7. The van der Waals surface area contributed by atoms with Crippen molar-refractivity contribution in [1.82, 2.24) is 0 Å². The Bertz CT molecular complexity index is 988. The zero-order chi connectivity index (χ0) is 20.6. The fourth-order valence-corrected chi connectivity index (χ4v) is 4.31. The molecule has 3 aromatic carbocycles. The van der Waals surface area contributed by atoms with Crippen molar-refractivity contribution < 1.29 is 14.3 Å². The van der Waals surface area contributed by atoms with Gasteiger partial charge >= 0.3 is 5.97 Å². The van der Waals surface area contributed by atoms with E-state index in [0.717, 1.165) is 22.4 Å². The highest BCUT2D eigenvalue weighted by Gasteiger charge is 2.22. The summed E-state index contributed by atoms with van der Waals surface area (Å²) in [6, 6.07) is 24.9. The molecule has 0 aromatic heterocycles. The van der Waals surface area contributed by atoms with Gasteiger partial charge in [-0.25, -0.2) is 0 Å². The predicted molar refractivity (Wildman–Crippen MR) is 118 cm³/mol. The van der Waals surface area contributed by atoms with Crippen molar-refractivity contribution >= 4 is 29.3 Å². The number of carbonyl (C=O) groups excluding carboxylic acids is 2. The van der Waals surface area contributed by atoms with Crippen LogP contribution in [0.5, 0.6) is 0 Å². The highest BCUT2D eigenvalue weighted by Crippen LogP contribution is 2.40. The average molecular weight is 406 g/mol. The van der Waals surface area contributed by atoms with Crippen molar-refractivity contribution in [3.63, 3.8) is 0 Å². The molecule has 4 nitrogen and oxygen atoms in total. The van der Waals surface area contributed by atoms with E-state index >= 15 is 0 Å². The second-order valence-corrected chi connectivity index (χ2v) is 7.62. The molecule has 0 bridgehead atoms. The zero-order valence-corrected chi connectivity index (χ0v) is 17.2. The van der Waals surface area contributed by atoms with E-state index in [2.05, 4.69) is 11.4 Å². The fourth-order valence-electron chi connectivity index (χ4n) is 3.06. The number of hydrogen-bond acceptors (Lipinski definition) is 4. The molecule has 0 spiro atoms. The molecule has 5 heteroatoms. The van der Waals surface area contributed by atoms with E-state index in [4.69, 9.17) is 4.74 Å². The normalized spacial score (nSPS) is 11.5. The van der Waals surface area contributed by atoms with Gasteiger partial charge in [0.05, 0.1) is 18.1 Å². The fraction of sp³-hybridized carbons (Fsp3) is 0.167. The lowest BCUT2D eigenvalue weighted by Gasteiger charge is -2.22. The van der Waals surface area contributed by atoms with E-state index in [1.165, 1.54) is 18.9 Å². The van der Waals surface area contributed by atoms with Gasteiger partial charge in [0, 0.05) is 11.3 Å². The van der Waals surface area contributed by atoms with Crippen LogP contribution in [-0.4, -0.2) is 24.7 Å². The number of rotatable bonds is 7. The van der Waals surface area contributed by atoms with Gasteiger partial charge in [-0.3, -0.25) is 9.59 Å². The number of ether oxygens (including phenoxy) is 1. The van der Waals surface area contributed by atoms with Crippen LogP contribution in [0.15, 0.2) is 78.9 Å². The topological polar surface area (TPSA) is 55.4 Å². The monoisotopic (exact) mass is 405 g/mol. The molecule has 29 heavy (non-hydrogen) atoms. The molecule has 0 saturated heterocycles. The first-order valence-corrected chi connectivity index (χ1v) is 10.3. The second-order valence-electron chi connectivity index (χ2n) is 6.53. The summed E-state index contributed by atoms with van der Waals surface area (Å²) < 4.78 is 4.83.